The summed E-state index contributed by atoms with van der Waals surface area (Å²) >= 11 is 0. The van der Waals surface area contributed by atoms with Crippen molar-refractivity contribution < 1.29 is 23.5 Å². The molecule has 0 nitrogen and oxygen atoms in total. The number of hydrogen-bond acceptors (Lipinski definition) is 0. The van der Waals surface area contributed by atoms with E-state index in [1.54, 1.807) is 0 Å². The van der Waals surface area contributed by atoms with E-state index >= 15 is 0 Å². The maximum atomic E-state index is 2.00. The molecule has 0 heterocycles. The third kappa shape index (κ3) is 22.5. The zero-order valence-corrected chi connectivity index (χ0v) is 5.51. The van der Waals surface area contributed by atoms with Crippen molar-refractivity contribution in [3.63, 3.8) is 0 Å². The molecule has 0 unspecified atom stereocenters. The van der Waals surface area contributed by atoms with Crippen molar-refractivity contribution >= 4 is 37.7 Å². The Morgan fingerprint density at radius 1 is 0.333 bits per heavy atom. The summed E-state index contributed by atoms with van der Waals surface area (Å²) in [7, 11) is 0. The maximum Gasteiger partial charge on any atom is -0.0623 e. The van der Waals surface area contributed by atoms with Gasteiger partial charge in [0, 0.05) is 0 Å². The van der Waals surface area contributed by atoms with Crippen LogP contribution in [-0.4, -0.2) is 37.7 Å². The number of halogens is 5. The molecule has 0 aliphatic rings. The van der Waals surface area contributed by atoms with Gasteiger partial charge in [0.05, 0.1) is 0 Å². The van der Waals surface area contributed by atoms with Crippen LogP contribution in [0.1, 0.15) is 0 Å². The second-order valence-electron chi connectivity index (χ2n) is 1.15. The number of rotatable bonds is 0. The molecule has 74 valence electrons. The molecule has 1 aromatic carbocycles. The van der Waals surface area contributed by atoms with Gasteiger partial charge in [-0.25, -0.2) is 0 Å². The Morgan fingerprint density at radius 3 is 0.500 bits per heavy atom. The van der Waals surface area contributed by atoms with E-state index in [2.05, 4.69) is 0 Å². The molecule has 0 spiro atoms. The maximum absolute atomic E-state index is 2.00. The van der Waals surface area contributed by atoms with Gasteiger partial charge < -0.3 is 0 Å². The van der Waals surface area contributed by atoms with Crippen LogP contribution >= 0.6 is 0 Å². The Bertz CT molecular complexity index is 87.9. The van der Waals surface area contributed by atoms with Crippen molar-refractivity contribution in [1.82, 2.24) is 0 Å². The summed E-state index contributed by atoms with van der Waals surface area (Å²) in [6.07, 6.45) is 0. The molecule has 0 radical (unpaired) electrons. The third-order valence-electron chi connectivity index (χ3n) is 0.667. The van der Waals surface area contributed by atoms with Crippen LogP contribution in [0, 0.1) is 0 Å². The first-order chi connectivity index (χ1) is 3.00. The SMILES string of the molecule is F.F.F.F.F.[CaH2].c1ccccc1. The zero-order valence-electron chi connectivity index (χ0n) is 5.51. The van der Waals surface area contributed by atoms with Gasteiger partial charge in [-0.2, -0.15) is 0 Å². The Labute approximate surface area is 97.2 Å². The Balaban J connectivity index is -0.0000000150. The molecule has 0 bridgehead atoms. The van der Waals surface area contributed by atoms with E-state index in [-0.39, 0.29) is 61.3 Å². The van der Waals surface area contributed by atoms with Crippen molar-refractivity contribution in [2.24, 2.45) is 0 Å². The van der Waals surface area contributed by atoms with Gasteiger partial charge in [-0.3, -0.25) is 23.5 Å². The first-order valence-electron chi connectivity index (χ1n) is 2.00. The van der Waals surface area contributed by atoms with E-state index in [1.165, 1.54) is 0 Å². The summed E-state index contributed by atoms with van der Waals surface area (Å²) < 4.78 is 0. The van der Waals surface area contributed by atoms with Gasteiger partial charge in [-0.15, -0.1) is 0 Å². The molecule has 0 N–H and O–H groups in total. The predicted molar refractivity (Wildman–Crippen MR) is 47.5 cm³/mol. The van der Waals surface area contributed by atoms with E-state index in [4.69, 9.17) is 0 Å². The van der Waals surface area contributed by atoms with E-state index in [0.717, 1.165) is 0 Å². The van der Waals surface area contributed by atoms with Crippen molar-refractivity contribution in [1.29, 1.82) is 0 Å². The Hall–Kier alpha value is 0.130. The summed E-state index contributed by atoms with van der Waals surface area (Å²) in [5.74, 6) is 0. The molecule has 0 saturated carbocycles. The summed E-state index contributed by atoms with van der Waals surface area (Å²) in [4.78, 5) is 0. The van der Waals surface area contributed by atoms with E-state index < -0.39 is 0 Å². The van der Waals surface area contributed by atoms with Crippen LogP contribution in [0.4, 0.5) is 23.5 Å². The van der Waals surface area contributed by atoms with Crippen molar-refractivity contribution in [3.05, 3.63) is 36.4 Å². The minimum Gasteiger partial charge on any atom is -0.0623 e. The van der Waals surface area contributed by atoms with Gasteiger partial charge in [0.2, 0.25) is 0 Å². The molecule has 0 atom stereocenters. The van der Waals surface area contributed by atoms with Gasteiger partial charge in [0.25, 0.3) is 0 Å². The molecule has 0 saturated heterocycles. The fraction of sp³-hybridized carbons (Fsp3) is 0. The van der Waals surface area contributed by atoms with Crippen LogP contribution in [0.3, 0.4) is 0 Å². The smallest absolute Gasteiger partial charge is 0.0623 e. The fourth-order valence-corrected chi connectivity index (χ4v) is 0.385. The molecule has 0 aliphatic heterocycles. The average Bonchev–Trinajstić information content (AvgIpc) is 1.72. The van der Waals surface area contributed by atoms with Crippen molar-refractivity contribution in [3.8, 4) is 0 Å². The predicted octanol–water partition coefficient (Wildman–Crippen LogP) is 1.53. The largest absolute Gasteiger partial charge is 0.0623 e. The Morgan fingerprint density at radius 2 is 0.417 bits per heavy atom. The van der Waals surface area contributed by atoms with Crippen LogP contribution in [0.15, 0.2) is 36.4 Å². The molecular formula is C6H13CaF5. The second-order valence-corrected chi connectivity index (χ2v) is 1.15. The van der Waals surface area contributed by atoms with Crippen LogP contribution in [0.25, 0.3) is 0 Å². The summed E-state index contributed by atoms with van der Waals surface area (Å²) in [5.41, 5.74) is 0. The number of benzene rings is 1. The molecular weight excluding hydrogens is 207 g/mol. The summed E-state index contributed by atoms with van der Waals surface area (Å²) in [6, 6.07) is 12.0. The fourth-order valence-electron chi connectivity index (χ4n) is 0.385. The van der Waals surface area contributed by atoms with Gasteiger partial charge in [0.15, 0.2) is 0 Å². The summed E-state index contributed by atoms with van der Waals surface area (Å²) in [5, 5.41) is 0. The van der Waals surface area contributed by atoms with Crippen molar-refractivity contribution in [2.75, 3.05) is 0 Å². The standard InChI is InChI=1S/C6H6.Ca.5FH.2H/c1-2-4-6-5-3-1;;;;;;;;/h1-6H;;5*1H;;. The van der Waals surface area contributed by atoms with Crippen LogP contribution in [0.5, 0.6) is 0 Å². The minimum absolute atomic E-state index is 0. The molecule has 1 aromatic rings. The minimum atomic E-state index is 0. The summed E-state index contributed by atoms with van der Waals surface area (Å²) in [6.45, 7) is 0. The van der Waals surface area contributed by atoms with E-state index in [0.29, 0.717) is 0 Å². The third-order valence-corrected chi connectivity index (χ3v) is 0.667. The van der Waals surface area contributed by atoms with E-state index in [1.807, 2.05) is 36.4 Å². The molecule has 12 heavy (non-hydrogen) atoms. The van der Waals surface area contributed by atoms with Crippen molar-refractivity contribution in [2.45, 2.75) is 0 Å². The molecule has 6 heteroatoms. The van der Waals surface area contributed by atoms with Gasteiger partial charge in [0.1, 0.15) is 0 Å². The van der Waals surface area contributed by atoms with Crippen LogP contribution in [-0.2, 0) is 0 Å². The second kappa shape index (κ2) is 30.4. The van der Waals surface area contributed by atoms with Gasteiger partial charge in [-0.1, -0.05) is 36.4 Å². The van der Waals surface area contributed by atoms with Crippen LogP contribution < -0.4 is 0 Å². The first kappa shape index (κ1) is 40.0. The van der Waals surface area contributed by atoms with E-state index in [9.17, 15) is 0 Å². The molecule has 0 amide bonds. The molecule has 0 aromatic heterocycles. The first-order valence-corrected chi connectivity index (χ1v) is 2.00. The average molecular weight is 220 g/mol. The normalized spacial score (nSPS) is 4.00. The van der Waals surface area contributed by atoms with Crippen LogP contribution in [0.2, 0.25) is 0 Å². The molecule has 0 aliphatic carbocycles. The topological polar surface area (TPSA) is 0 Å². The number of hydrogen-bond donors (Lipinski definition) is 0. The quantitative estimate of drug-likeness (QED) is 0.459. The van der Waals surface area contributed by atoms with Gasteiger partial charge in [-0.05, 0) is 0 Å². The molecule has 1 rings (SSSR count). The zero-order chi connectivity index (χ0) is 4.24. The van der Waals surface area contributed by atoms with Gasteiger partial charge >= 0.3 is 37.7 Å². The molecule has 0 fully saturated rings. The Kier molecular flexibility index (Phi) is 101. The monoisotopic (exact) mass is 220 g/mol.